The number of aromatic nitrogens is 1. The smallest absolute Gasteiger partial charge is 0.248 e. The van der Waals surface area contributed by atoms with Crippen LogP contribution < -0.4 is 10.6 Å². The second-order valence-electron chi connectivity index (χ2n) is 6.37. The number of hydrogen-bond donors (Lipinski definition) is 2. The van der Waals surface area contributed by atoms with Crippen molar-refractivity contribution in [1.29, 1.82) is 0 Å². The highest BCUT2D eigenvalue weighted by atomic mass is 19.1. The monoisotopic (exact) mass is 372 g/mol. The molecule has 1 amide bonds. The zero-order valence-corrected chi connectivity index (χ0v) is 14.4. The molecule has 6 nitrogen and oxygen atoms in total. The van der Waals surface area contributed by atoms with E-state index in [0.29, 0.717) is 25.4 Å². The number of amides is 1. The number of nitrogens with one attached hydrogen (secondary N) is 2. The molecule has 0 bridgehead atoms. The van der Waals surface area contributed by atoms with Gasteiger partial charge in [0.05, 0.1) is 24.6 Å². The van der Waals surface area contributed by atoms with Gasteiger partial charge in [-0.15, -0.1) is 0 Å². The minimum atomic E-state index is -0.504. The molecule has 2 aliphatic rings. The predicted octanol–water partition coefficient (Wildman–Crippen LogP) is 1.78. The fourth-order valence-corrected chi connectivity index (χ4v) is 3.25. The number of benzene rings is 1. The van der Waals surface area contributed by atoms with E-state index in [4.69, 9.17) is 4.74 Å². The lowest BCUT2D eigenvalue weighted by atomic mass is 10.1. The van der Waals surface area contributed by atoms with Crippen LogP contribution in [0.25, 0.3) is 5.70 Å². The molecule has 2 aromatic rings. The van der Waals surface area contributed by atoms with Gasteiger partial charge in [0.15, 0.2) is 12.1 Å². The Bertz CT molecular complexity index is 872. The average Bonchev–Trinajstić information content (AvgIpc) is 2.68. The lowest BCUT2D eigenvalue weighted by Crippen LogP contribution is -2.60. The number of nitrogens with zero attached hydrogens (tertiary/aromatic N) is 2. The van der Waals surface area contributed by atoms with Crippen LogP contribution in [0, 0.1) is 11.6 Å². The summed E-state index contributed by atoms with van der Waals surface area (Å²) in [5.41, 5.74) is 1.54. The summed E-state index contributed by atoms with van der Waals surface area (Å²) in [6.07, 6.45) is 3.16. The molecule has 2 atom stereocenters. The quantitative estimate of drug-likeness (QED) is 0.860. The second kappa shape index (κ2) is 7.42. The van der Waals surface area contributed by atoms with E-state index >= 15 is 0 Å². The largest absolute Gasteiger partial charge is 0.371 e. The van der Waals surface area contributed by atoms with Crippen LogP contribution in [0.1, 0.15) is 17.2 Å². The molecule has 1 aromatic carbocycles. The van der Waals surface area contributed by atoms with Crippen LogP contribution in [-0.2, 0) is 9.53 Å². The lowest BCUT2D eigenvalue weighted by molar-refractivity contribution is -0.121. The molecule has 1 unspecified atom stereocenters. The van der Waals surface area contributed by atoms with Crippen molar-refractivity contribution in [2.24, 2.45) is 0 Å². The van der Waals surface area contributed by atoms with Crippen LogP contribution in [0.4, 0.5) is 8.78 Å². The minimum absolute atomic E-state index is 0.245. The maximum atomic E-state index is 14.0. The van der Waals surface area contributed by atoms with E-state index < -0.39 is 12.1 Å². The molecule has 0 saturated carbocycles. The first-order valence-electron chi connectivity index (χ1n) is 8.60. The van der Waals surface area contributed by atoms with Crippen molar-refractivity contribution < 1.29 is 18.3 Å². The number of rotatable bonds is 3. The van der Waals surface area contributed by atoms with E-state index in [1.165, 1.54) is 30.5 Å². The molecule has 0 spiro atoms. The summed E-state index contributed by atoms with van der Waals surface area (Å²) in [6.45, 7) is 1.54. The number of halogens is 2. The number of ether oxygens (including phenoxy) is 1. The van der Waals surface area contributed by atoms with Crippen molar-refractivity contribution in [3.63, 3.8) is 0 Å². The lowest BCUT2D eigenvalue weighted by Gasteiger charge is -2.40. The second-order valence-corrected chi connectivity index (χ2v) is 6.37. The first-order chi connectivity index (χ1) is 13.1. The highest BCUT2D eigenvalue weighted by Gasteiger charge is 2.31. The summed E-state index contributed by atoms with van der Waals surface area (Å²) in [6, 6.07) is 7.68. The Labute approximate surface area is 154 Å². The topological polar surface area (TPSA) is 66.5 Å². The van der Waals surface area contributed by atoms with Crippen molar-refractivity contribution >= 4 is 11.6 Å². The van der Waals surface area contributed by atoms with Crippen LogP contribution in [0.3, 0.4) is 0 Å². The summed E-state index contributed by atoms with van der Waals surface area (Å²) in [4.78, 5) is 17.9. The van der Waals surface area contributed by atoms with E-state index in [9.17, 15) is 13.6 Å². The van der Waals surface area contributed by atoms with Gasteiger partial charge in [-0.3, -0.25) is 14.7 Å². The molecule has 0 radical (unpaired) electrons. The summed E-state index contributed by atoms with van der Waals surface area (Å²) in [7, 11) is 0. The number of carbonyl (C=O) groups excluding carboxylic acids is 1. The fraction of sp³-hybridized carbons (Fsp3) is 0.263. The molecule has 1 saturated heterocycles. The molecule has 0 aliphatic carbocycles. The van der Waals surface area contributed by atoms with Crippen LogP contribution in [0.2, 0.25) is 0 Å². The Morgan fingerprint density at radius 2 is 1.96 bits per heavy atom. The van der Waals surface area contributed by atoms with Crippen molar-refractivity contribution in [3.8, 4) is 0 Å². The molecule has 1 fully saturated rings. The molecule has 4 rings (SSSR count). The normalized spacial score (nSPS) is 23.3. The van der Waals surface area contributed by atoms with Gasteiger partial charge in [0.25, 0.3) is 0 Å². The van der Waals surface area contributed by atoms with Gasteiger partial charge in [-0.1, -0.05) is 12.1 Å². The van der Waals surface area contributed by atoms with Crippen molar-refractivity contribution in [2.45, 2.75) is 12.4 Å². The summed E-state index contributed by atoms with van der Waals surface area (Å²) in [5, 5.41) is 6.00. The van der Waals surface area contributed by atoms with Crippen LogP contribution in [0.15, 0.2) is 48.8 Å². The van der Waals surface area contributed by atoms with E-state index in [1.54, 1.807) is 12.1 Å². The number of pyridine rings is 1. The highest BCUT2D eigenvalue weighted by Crippen LogP contribution is 2.25. The van der Waals surface area contributed by atoms with E-state index in [-0.39, 0.29) is 23.4 Å². The first-order valence-corrected chi connectivity index (χ1v) is 8.60. The average molecular weight is 372 g/mol. The van der Waals surface area contributed by atoms with Crippen LogP contribution >= 0.6 is 0 Å². The van der Waals surface area contributed by atoms with E-state index in [2.05, 4.69) is 15.6 Å². The molecule has 140 valence electrons. The molecule has 1 aromatic heterocycles. The first kappa shape index (κ1) is 17.6. The molecule has 27 heavy (non-hydrogen) atoms. The van der Waals surface area contributed by atoms with Crippen molar-refractivity contribution in [2.75, 3.05) is 19.7 Å². The Kier molecular flexibility index (Phi) is 4.83. The van der Waals surface area contributed by atoms with Gasteiger partial charge in [-0.05, 0) is 23.8 Å². The predicted molar refractivity (Wildman–Crippen MR) is 93.9 cm³/mol. The van der Waals surface area contributed by atoms with Crippen molar-refractivity contribution in [3.05, 3.63) is 71.6 Å². The fourth-order valence-electron chi connectivity index (χ4n) is 3.25. The highest BCUT2D eigenvalue weighted by molar-refractivity contribution is 5.96. The Hall–Kier alpha value is -2.84. The maximum Gasteiger partial charge on any atom is 0.248 e. The van der Waals surface area contributed by atoms with Gasteiger partial charge < -0.3 is 15.4 Å². The van der Waals surface area contributed by atoms with Gasteiger partial charge in [0.1, 0.15) is 5.82 Å². The molecule has 8 heteroatoms. The van der Waals surface area contributed by atoms with Gasteiger partial charge >= 0.3 is 0 Å². The molecular formula is C19H18F2N4O2. The zero-order chi connectivity index (χ0) is 18.8. The minimum Gasteiger partial charge on any atom is -0.371 e. The molecule has 3 heterocycles. The Morgan fingerprint density at radius 3 is 2.74 bits per heavy atom. The van der Waals surface area contributed by atoms with Crippen LogP contribution in [-0.4, -0.2) is 41.8 Å². The third-order valence-electron chi connectivity index (χ3n) is 4.61. The van der Waals surface area contributed by atoms with E-state index in [1.807, 2.05) is 4.90 Å². The van der Waals surface area contributed by atoms with Gasteiger partial charge in [0, 0.05) is 30.9 Å². The third-order valence-corrected chi connectivity index (χ3v) is 4.61. The molecule has 2 aliphatic heterocycles. The number of carbonyl (C=O) groups is 1. The van der Waals surface area contributed by atoms with Crippen molar-refractivity contribution in [1.82, 2.24) is 20.5 Å². The summed E-state index contributed by atoms with van der Waals surface area (Å²) < 4.78 is 33.0. The summed E-state index contributed by atoms with van der Waals surface area (Å²) in [5.74, 6) is -1.12. The Balaban J connectivity index is 1.51. The third kappa shape index (κ3) is 3.81. The van der Waals surface area contributed by atoms with Gasteiger partial charge in [0.2, 0.25) is 5.91 Å². The standard InChI is InChI=1S/C19H18F2N4O2/c20-13-3-1-12(2-4-13)17-11-25(7-8-27-17)19-23-16(9-18(26)24-19)14-5-6-22-10-15(14)21/h1-6,9-10,17,19,23H,7-8,11H2,(H,24,26)/t17-,19?/m1/s1. The molecular weight excluding hydrogens is 354 g/mol. The van der Waals surface area contributed by atoms with Gasteiger partial charge in [-0.2, -0.15) is 0 Å². The van der Waals surface area contributed by atoms with E-state index in [0.717, 1.165) is 11.8 Å². The Morgan fingerprint density at radius 1 is 1.15 bits per heavy atom. The zero-order valence-electron chi connectivity index (χ0n) is 14.4. The number of hydrogen-bond acceptors (Lipinski definition) is 5. The SMILES string of the molecule is O=C1C=C(c2ccncc2F)NC(N2CCO[C@@H](c3ccc(F)cc3)C2)N1. The van der Waals surface area contributed by atoms with Crippen LogP contribution in [0.5, 0.6) is 0 Å². The molecule has 2 N–H and O–H groups in total. The number of morpholine rings is 1. The maximum absolute atomic E-state index is 14.0. The van der Waals surface area contributed by atoms with Gasteiger partial charge in [-0.25, -0.2) is 8.78 Å². The summed E-state index contributed by atoms with van der Waals surface area (Å²) >= 11 is 0.